The average molecular weight is 241 g/mol. The highest BCUT2D eigenvalue weighted by Gasteiger charge is 2.35. The van der Waals surface area contributed by atoms with E-state index in [1.54, 1.807) is 4.90 Å². The second-order valence-corrected chi connectivity index (χ2v) is 4.63. The molecule has 1 saturated carbocycles. The zero-order valence-electron chi connectivity index (χ0n) is 9.85. The fourth-order valence-electron chi connectivity index (χ4n) is 2.00. The van der Waals surface area contributed by atoms with E-state index in [0.29, 0.717) is 19.2 Å². The van der Waals surface area contributed by atoms with E-state index in [9.17, 15) is 9.59 Å². The van der Waals surface area contributed by atoms with E-state index in [1.807, 2.05) is 0 Å². The Hall–Kier alpha value is -1.14. The van der Waals surface area contributed by atoms with Crippen LogP contribution in [0.15, 0.2) is 0 Å². The van der Waals surface area contributed by atoms with E-state index < -0.39 is 5.91 Å². The molecule has 1 aliphatic heterocycles. The fraction of sp³-hybridized carbons (Fsp3) is 0.818. The molecule has 3 N–H and O–H groups in total. The summed E-state index contributed by atoms with van der Waals surface area (Å²) >= 11 is 0. The molecule has 2 amide bonds. The van der Waals surface area contributed by atoms with Gasteiger partial charge in [0.25, 0.3) is 0 Å². The van der Waals surface area contributed by atoms with Crippen LogP contribution in [0.2, 0.25) is 0 Å². The lowest BCUT2D eigenvalue weighted by Gasteiger charge is -2.16. The van der Waals surface area contributed by atoms with Crippen LogP contribution in [0.1, 0.15) is 19.3 Å². The lowest BCUT2D eigenvalue weighted by molar-refractivity contribution is -0.130. The van der Waals surface area contributed by atoms with Crippen molar-refractivity contribution in [3.05, 3.63) is 0 Å². The predicted molar refractivity (Wildman–Crippen MR) is 61.2 cm³/mol. The Labute approximate surface area is 100 Å². The van der Waals surface area contributed by atoms with Crippen molar-refractivity contribution in [2.24, 2.45) is 5.73 Å². The van der Waals surface area contributed by atoms with Gasteiger partial charge in [0.05, 0.1) is 12.6 Å². The number of likely N-dealkylation sites (tertiary alicyclic amines) is 1. The topological polar surface area (TPSA) is 84.7 Å². The van der Waals surface area contributed by atoms with Crippen LogP contribution in [0.25, 0.3) is 0 Å². The third kappa shape index (κ3) is 3.67. The van der Waals surface area contributed by atoms with Crippen LogP contribution in [0.4, 0.5) is 0 Å². The summed E-state index contributed by atoms with van der Waals surface area (Å²) in [6.07, 6.45) is 3.24. The minimum Gasteiger partial charge on any atom is -0.370 e. The van der Waals surface area contributed by atoms with E-state index in [1.165, 1.54) is 12.8 Å². The summed E-state index contributed by atoms with van der Waals surface area (Å²) in [7, 11) is 0. The first-order valence-electron chi connectivity index (χ1n) is 6.07. The van der Waals surface area contributed by atoms with Crippen molar-refractivity contribution in [1.29, 1.82) is 0 Å². The van der Waals surface area contributed by atoms with Crippen molar-refractivity contribution in [2.45, 2.75) is 31.3 Å². The molecule has 1 heterocycles. The Morgan fingerprint density at radius 1 is 1.47 bits per heavy atom. The maximum absolute atomic E-state index is 11.9. The Bertz CT molecular complexity index is 304. The summed E-state index contributed by atoms with van der Waals surface area (Å²) in [6, 6.07) is 0.536. The number of hydrogen-bond acceptors (Lipinski definition) is 4. The van der Waals surface area contributed by atoms with E-state index in [2.05, 4.69) is 5.32 Å². The highest BCUT2D eigenvalue weighted by Crippen LogP contribution is 2.22. The molecule has 1 unspecified atom stereocenters. The number of ether oxygens (including phenoxy) is 1. The first-order chi connectivity index (χ1) is 8.16. The number of primary amides is 1. The molecule has 1 atom stereocenters. The molecule has 17 heavy (non-hydrogen) atoms. The van der Waals surface area contributed by atoms with E-state index >= 15 is 0 Å². The van der Waals surface area contributed by atoms with Crippen LogP contribution in [-0.4, -0.2) is 55.1 Å². The third-order valence-corrected chi connectivity index (χ3v) is 3.06. The zero-order chi connectivity index (χ0) is 12.3. The summed E-state index contributed by atoms with van der Waals surface area (Å²) in [5.74, 6) is -0.328. The van der Waals surface area contributed by atoms with Crippen molar-refractivity contribution >= 4 is 11.8 Å². The van der Waals surface area contributed by atoms with Gasteiger partial charge in [-0.3, -0.25) is 9.59 Å². The summed E-state index contributed by atoms with van der Waals surface area (Å²) in [4.78, 5) is 24.1. The number of nitrogens with one attached hydrogen (secondary N) is 1. The van der Waals surface area contributed by atoms with Gasteiger partial charge in [-0.15, -0.1) is 0 Å². The van der Waals surface area contributed by atoms with Gasteiger partial charge in [0.15, 0.2) is 0 Å². The van der Waals surface area contributed by atoms with Crippen LogP contribution in [0, 0.1) is 0 Å². The van der Waals surface area contributed by atoms with Crippen LogP contribution in [0.5, 0.6) is 0 Å². The third-order valence-electron chi connectivity index (χ3n) is 3.06. The van der Waals surface area contributed by atoms with Gasteiger partial charge < -0.3 is 20.7 Å². The molecule has 2 fully saturated rings. The van der Waals surface area contributed by atoms with E-state index in [-0.39, 0.29) is 18.6 Å². The molecule has 96 valence electrons. The Morgan fingerprint density at radius 2 is 2.24 bits per heavy atom. The molecule has 0 aromatic heterocycles. The zero-order valence-corrected chi connectivity index (χ0v) is 9.85. The second kappa shape index (κ2) is 5.46. The van der Waals surface area contributed by atoms with Crippen molar-refractivity contribution in [2.75, 3.05) is 26.3 Å². The normalized spacial score (nSPS) is 24.4. The molecule has 0 bridgehead atoms. The van der Waals surface area contributed by atoms with Crippen LogP contribution in [-0.2, 0) is 14.3 Å². The van der Waals surface area contributed by atoms with Gasteiger partial charge in [-0.1, -0.05) is 0 Å². The van der Waals surface area contributed by atoms with Crippen LogP contribution >= 0.6 is 0 Å². The second-order valence-electron chi connectivity index (χ2n) is 4.63. The minimum atomic E-state index is -0.481. The number of carbonyl (C=O) groups is 2. The molecule has 0 aromatic carbocycles. The molecule has 0 radical (unpaired) electrons. The minimum absolute atomic E-state index is 0.0151. The molecule has 6 heteroatoms. The lowest BCUT2D eigenvalue weighted by Crippen LogP contribution is -2.40. The summed E-state index contributed by atoms with van der Waals surface area (Å²) in [5.41, 5.74) is 4.94. The first-order valence-corrected chi connectivity index (χ1v) is 6.07. The van der Waals surface area contributed by atoms with Crippen molar-refractivity contribution < 1.29 is 14.3 Å². The molecule has 0 aromatic rings. The molecule has 1 aliphatic carbocycles. The van der Waals surface area contributed by atoms with Crippen molar-refractivity contribution in [3.8, 4) is 0 Å². The number of rotatable bonds is 7. The van der Waals surface area contributed by atoms with E-state index in [0.717, 1.165) is 13.0 Å². The predicted octanol–water partition coefficient (Wildman–Crippen LogP) is -1.16. The molecule has 6 nitrogen and oxygen atoms in total. The van der Waals surface area contributed by atoms with E-state index in [4.69, 9.17) is 10.5 Å². The highest BCUT2D eigenvalue weighted by atomic mass is 16.5. The monoisotopic (exact) mass is 241 g/mol. The smallest absolute Gasteiger partial charge is 0.243 e. The number of nitrogens with two attached hydrogens (primary N) is 1. The number of hydrogen-bond donors (Lipinski definition) is 2. The molecule has 2 aliphatic rings. The van der Waals surface area contributed by atoms with Gasteiger partial charge in [-0.05, 0) is 19.3 Å². The maximum Gasteiger partial charge on any atom is 0.243 e. The van der Waals surface area contributed by atoms with Gasteiger partial charge in [0, 0.05) is 19.1 Å². The number of nitrogens with zero attached hydrogens (tertiary/aromatic N) is 1. The number of carbonyl (C=O) groups excluding carboxylic acids is 2. The molecule has 0 spiro atoms. The maximum atomic E-state index is 11.9. The van der Waals surface area contributed by atoms with Gasteiger partial charge in [0.2, 0.25) is 11.8 Å². The molecular formula is C11H19N3O3. The Kier molecular flexibility index (Phi) is 3.96. The largest absolute Gasteiger partial charge is 0.370 e. The Morgan fingerprint density at radius 3 is 2.88 bits per heavy atom. The van der Waals surface area contributed by atoms with Crippen LogP contribution < -0.4 is 11.1 Å². The molecule has 1 saturated heterocycles. The van der Waals surface area contributed by atoms with Gasteiger partial charge in [-0.2, -0.15) is 0 Å². The lowest BCUT2D eigenvalue weighted by atomic mass is 10.2. The summed E-state index contributed by atoms with van der Waals surface area (Å²) in [6.45, 7) is 1.59. The SMILES string of the molecule is NC(=O)COCCN1CCC(NC2CC2)C1=O. The quantitative estimate of drug-likeness (QED) is 0.551. The van der Waals surface area contributed by atoms with Crippen molar-refractivity contribution in [1.82, 2.24) is 10.2 Å². The molecular weight excluding hydrogens is 222 g/mol. The standard InChI is InChI=1S/C11H19N3O3/c12-10(15)7-17-6-5-14-4-3-9(11(14)16)13-8-1-2-8/h8-9,13H,1-7H2,(H2,12,15). The average Bonchev–Trinajstić information content (AvgIpc) is 3.02. The highest BCUT2D eigenvalue weighted by molar-refractivity contribution is 5.84. The first kappa shape index (κ1) is 12.3. The summed E-state index contributed by atoms with van der Waals surface area (Å²) in [5, 5.41) is 3.34. The van der Waals surface area contributed by atoms with Crippen molar-refractivity contribution in [3.63, 3.8) is 0 Å². The Balaban J connectivity index is 1.64. The fourth-order valence-corrected chi connectivity index (χ4v) is 2.00. The van der Waals surface area contributed by atoms with Gasteiger partial charge >= 0.3 is 0 Å². The molecule has 2 rings (SSSR count). The van der Waals surface area contributed by atoms with Gasteiger partial charge in [-0.25, -0.2) is 0 Å². The van der Waals surface area contributed by atoms with Crippen LogP contribution in [0.3, 0.4) is 0 Å². The number of amides is 2. The van der Waals surface area contributed by atoms with Gasteiger partial charge in [0.1, 0.15) is 6.61 Å². The summed E-state index contributed by atoms with van der Waals surface area (Å²) < 4.78 is 5.05.